The number of methoxy groups -OCH3 is 2. The van der Waals surface area contributed by atoms with Crippen molar-refractivity contribution in [1.29, 1.82) is 0 Å². The maximum absolute atomic E-state index is 11.0. The van der Waals surface area contributed by atoms with E-state index in [0.29, 0.717) is 23.9 Å². The van der Waals surface area contributed by atoms with Crippen LogP contribution in [-0.4, -0.2) is 20.8 Å². The fourth-order valence-electron chi connectivity index (χ4n) is 2.77. The first-order valence-corrected chi connectivity index (χ1v) is 8.50. The molecule has 0 spiro atoms. The SMILES string of the molecule is CCOC1=C(OC)C(c2ccccc2)C(=C(C)C#P=O)C=C1OC. The van der Waals surface area contributed by atoms with Gasteiger partial charge >= 0.3 is 143 Å². The Morgan fingerprint density at radius 3 is 2.46 bits per heavy atom. The Balaban J connectivity index is 2.76. The molecule has 1 aliphatic carbocycles. The molecule has 0 fully saturated rings. The van der Waals surface area contributed by atoms with Crippen LogP contribution in [0.15, 0.2) is 64.8 Å². The van der Waals surface area contributed by atoms with E-state index in [1.807, 2.05) is 50.3 Å². The summed E-state index contributed by atoms with van der Waals surface area (Å²) in [6.07, 6.45) is 1.90. The van der Waals surface area contributed by atoms with Crippen molar-refractivity contribution in [3.05, 3.63) is 70.4 Å². The average molecular weight is 344 g/mol. The van der Waals surface area contributed by atoms with E-state index in [-0.39, 0.29) is 13.8 Å². The summed E-state index contributed by atoms with van der Waals surface area (Å²) in [5.41, 5.74) is 5.58. The summed E-state index contributed by atoms with van der Waals surface area (Å²) < 4.78 is 28.0. The van der Waals surface area contributed by atoms with E-state index in [1.165, 1.54) is 0 Å². The number of hydrogen-bond acceptors (Lipinski definition) is 4. The Kier molecular flexibility index (Phi) is 6.54. The zero-order valence-corrected chi connectivity index (χ0v) is 15.2. The molecule has 1 aromatic carbocycles. The van der Waals surface area contributed by atoms with Crippen molar-refractivity contribution in [3.8, 4) is 5.63 Å². The van der Waals surface area contributed by atoms with Crippen molar-refractivity contribution in [2.24, 2.45) is 0 Å². The molecule has 0 saturated heterocycles. The molecule has 2 rings (SSSR count). The number of benzene rings is 1. The Bertz CT molecular complexity index is 785. The molecule has 0 heterocycles. The first kappa shape index (κ1) is 18.2. The third-order valence-electron chi connectivity index (χ3n) is 3.82. The van der Waals surface area contributed by atoms with Crippen molar-refractivity contribution in [2.75, 3.05) is 20.8 Å². The molecule has 5 heteroatoms. The second-order valence-corrected chi connectivity index (χ2v) is 5.58. The summed E-state index contributed by atoms with van der Waals surface area (Å²) in [5, 5.41) is 0. The van der Waals surface area contributed by atoms with Gasteiger partial charge in [0.05, 0.1) is 0 Å². The summed E-state index contributed by atoms with van der Waals surface area (Å²) in [4.78, 5) is 0. The third-order valence-corrected chi connectivity index (χ3v) is 4.24. The van der Waals surface area contributed by atoms with Gasteiger partial charge < -0.3 is 0 Å². The Morgan fingerprint density at radius 2 is 1.92 bits per heavy atom. The summed E-state index contributed by atoms with van der Waals surface area (Å²) >= 11 is 0. The predicted octanol–water partition coefficient (Wildman–Crippen LogP) is 4.78. The molecule has 126 valence electrons. The number of hydrogen-bond donors (Lipinski definition) is 0. The molecule has 0 aromatic heterocycles. The van der Waals surface area contributed by atoms with Crippen LogP contribution in [0.5, 0.6) is 0 Å². The van der Waals surface area contributed by atoms with Gasteiger partial charge in [-0.15, -0.1) is 0 Å². The van der Waals surface area contributed by atoms with Gasteiger partial charge in [-0.05, 0) is 0 Å². The van der Waals surface area contributed by atoms with Crippen molar-refractivity contribution < 1.29 is 18.8 Å². The van der Waals surface area contributed by atoms with Gasteiger partial charge in [-0.25, -0.2) is 0 Å². The van der Waals surface area contributed by atoms with Crippen molar-refractivity contribution in [2.45, 2.75) is 19.8 Å². The van der Waals surface area contributed by atoms with Crippen molar-refractivity contribution in [3.63, 3.8) is 0 Å². The molecule has 0 saturated carbocycles. The minimum atomic E-state index is -0.175. The van der Waals surface area contributed by atoms with Crippen LogP contribution in [0.4, 0.5) is 0 Å². The average Bonchev–Trinajstić information content (AvgIpc) is 2.62. The summed E-state index contributed by atoms with van der Waals surface area (Å²) in [7, 11) is 3.05. The molecule has 0 N–H and O–H groups in total. The molecule has 1 aromatic rings. The van der Waals surface area contributed by atoms with Crippen LogP contribution in [0.1, 0.15) is 25.3 Å². The van der Waals surface area contributed by atoms with Crippen LogP contribution < -0.4 is 0 Å². The second-order valence-electron chi connectivity index (χ2n) is 5.17. The van der Waals surface area contributed by atoms with Crippen LogP contribution in [0, 0.1) is 5.63 Å². The second kappa shape index (κ2) is 8.63. The summed E-state index contributed by atoms with van der Waals surface area (Å²) in [5.74, 6) is 1.67. The molecule has 0 radical (unpaired) electrons. The molecule has 0 aliphatic heterocycles. The zero-order chi connectivity index (χ0) is 17.5. The zero-order valence-electron chi connectivity index (χ0n) is 14.3. The van der Waals surface area contributed by atoms with Crippen molar-refractivity contribution >= 4 is 7.92 Å². The van der Waals surface area contributed by atoms with E-state index < -0.39 is 0 Å². The Labute approximate surface area is 143 Å². The van der Waals surface area contributed by atoms with Gasteiger partial charge in [0.25, 0.3) is 0 Å². The molecule has 24 heavy (non-hydrogen) atoms. The van der Waals surface area contributed by atoms with Crippen LogP contribution in [0.2, 0.25) is 0 Å². The predicted molar refractivity (Wildman–Crippen MR) is 94.1 cm³/mol. The summed E-state index contributed by atoms with van der Waals surface area (Å²) in [6.45, 7) is 4.29. The molecule has 1 aliphatic rings. The maximum atomic E-state index is 11.0. The van der Waals surface area contributed by atoms with Gasteiger partial charge in [0, 0.05) is 0 Å². The molecule has 1 unspecified atom stereocenters. The first-order valence-electron chi connectivity index (χ1n) is 7.68. The van der Waals surface area contributed by atoms with Crippen LogP contribution >= 0.6 is 7.92 Å². The van der Waals surface area contributed by atoms with Gasteiger partial charge in [0.1, 0.15) is 0 Å². The fraction of sp³-hybridized carbons (Fsp3) is 0.316. The quantitative estimate of drug-likeness (QED) is 0.722. The van der Waals surface area contributed by atoms with Crippen molar-refractivity contribution in [1.82, 2.24) is 0 Å². The topological polar surface area (TPSA) is 44.8 Å². The van der Waals surface area contributed by atoms with Gasteiger partial charge in [0.15, 0.2) is 0 Å². The van der Waals surface area contributed by atoms with Gasteiger partial charge in [0.2, 0.25) is 0 Å². The van der Waals surface area contributed by atoms with Crippen LogP contribution in [-0.2, 0) is 18.8 Å². The minimum absolute atomic E-state index is 0.157. The van der Waals surface area contributed by atoms with E-state index >= 15 is 0 Å². The van der Waals surface area contributed by atoms with Gasteiger partial charge in [-0.2, -0.15) is 0 Å². The molecule has 0 amide bonds. The molecule has 0 bridgehead atoms. The van der Waals surface area contributed by atoms with E-state index in [9.17, 15) is 4.57 Å². The molecule has 1 atom stereocenters. The standard InChI is InChI=1S/C19H21O4P/c1-5-23-18-16(21-3)11-15(13(2)12-24-20)17(19(18)22-4)14-9-7-6-8-10-14/h6-11,17H,5H2,1-4H3. The van der Waals surface area contributed by atoms with Crippen LogP contribution in [0.3, 0.4) is 0 Å². The molecule has 4 nitrogen and oxygen atoms in total. The fourth-order valence-corrected chi connectivity index (χ4v) is 3.03. The van der Waals surface area contributed by atoms with Gasteiger partial charge in [-0.1, -0.05) is 0 Å². The Morgan fingerprint density at radius 1 is 1.21 bits per heavy atom. The number of allylic oxidation sites excluding steroid dienone is 3. The van der Waals surface area contributed by atoms with E-state index in [0.717, 1.165) is 16.7 Å². The van der Waals surface area contributed by atoms with E-state index in [2.05, 4.69) is 5.63 Å². The van der Waals surface area contributed by atoms with E-state index in [1.54, 1.807) is 14.2 Å². The first-order chi connectivity index (χ1) is 11.7. The molecular weight excluding hydrogens is 323 g/mol. The molecular formula is C19H21O4P. The number of rotatable bonds is 5. The number of ether oxygens (including phenoxy) is 3. The Hall–Kier alpha value is -2.15. The normalized spacial score (nSPS) is 19.2. The van der Waals surface area contributed by atoms with Gasteiger partial charge in [-0.3, -0.25) is 0 Å². The third kappa shape index (κ3) is 3.67. The van der Waals surface area contributed by atoms with E-state index in [4.69, 9.17) is 14.2 Å². The van der Waals surface area contributed by atoms with Crippen LogP contribution in [0.25, 0.3) is 0 Å². The summed E-state index contributed by atoms with van der Waals surface area (Å²) in [6, 6.07) is 9.98. The monoisotopic (exact) mass is 344 g/mol.